The lowest BCUT2D eigenvalue weighted by Crippen LogP contribution is -2.17. The predicted octanol–water partition coefficient (Wildman–Crippen LogP) is 3.82. The van der Waals surface area contributed by atoms with E-state index in [1.54, 1.807) is 12.1 Å². The fourth-order valence-corrected chi connectivity index (χ4v) is 2.64. The summed E-state index contributed by atoms with van der Waals surface area (Å²) in [5, 5.41) is 14.2. The van der Waals surface area contributed by atoms with Crippen molar-refractivity contribution >= 4 is 16.3 Å². The van der Waals surface area contributed by atoms with Crippen molar-refractivity contribution in [1.82, 2.24) is 5.32 Å². The minimum Gasteiger partial charge on any atom is -0.305 e. The van der Waals surface area contributed by atoms with Gasteiger partial charge < -0.3 is 5.32 Å². The van der Waals surface area contributed by atoms with Crippen LogP contribution in [-0.4, -0.2) is 4.92 Å². The molecule has 0 aliphatic heterocycles. The lowest BCUT2D eigenvalue weighted by atomic mass is 10.1. The molecule has 0 radical (unpaired) electrons. The van der Waals surface area contributed by atoms with Crippen LogP contribution in [0, 0.1) is 17.0 Å². The summed E-state index contributed by atoms with van der Waals surface area (Å²) < 4.78 is 0. The zero-order chi connectivity index (χ0) is 13.8. The number of nitrogens with one attached hydrogen (secondary N) is 1. The molecule has 0 saturated heterocycles. The summed E-state index contributed by atoms with van der Waals surface area (Å²) in [5.74, 6) is 0. The van der Waals surface area contributed by atoms with Gasteiger partial charge in [-0.1, -0.05) is 41.2 Å². The molecule has 1 heterocycles. The van der Waals surface area contributed by atoms with Gasteiger partial charge in [0.2, 0.25) is 0 Å². The maximum absolute atomic E-state index is 10.6. The fourth-order valence-electron chi connectivity index (χ4n) is 1.87. The van der Waals surface area contributed by atoms with Crippen LogP contribution in [0.1, 0.15) is 29.0 Å². The molecule has 4 nitrogen and oxygen atoms in total. The first kappa shape index (κ1) is 13.7. The van der Waals surface area contributed by atoms with Gasteiger partial charge in [0, 0.05) is 23.5 Å². The van der Waals surface area contributed by atoms with Crippen molar-refractivity contribution in [3.63, 3.8) is 0 Å². The van der Waals surface area contributed by atoms with Crippen molar-refractivity contribution in [1.29, 1.82) is 0 Å². The second kappa shape index (κ2) is 5.95. The molecule has 0 aliphatic carbocycles. The lowest BCUT2D eigenvalue weighted by Gasteiger charge is -2.14. The maximum Gasteiger partial charge on any atom is 0.324 e. The predicted molar refractivity (Wildman–Crippen MR) is 77.4 cm³/mol. The van der Waals surface area contributed by atoms with Crippen molar-refractivity contribution in [2.45, 2.75) is 26.4 Å². The van der Waals surface area contributed by atoms with E-state index in [-0.39, 0.29) is 16.0 Å². The van der Waals surface area contributed by atoms with Crippen LogP contribution in [0.15, 0.2) is 36.4 Å². The van der Waals surface area contributed by atoms with Crippen molar-refractivity contribution < 1.29 is 4.92 Å². The standard InChI is InChI=1S/C14H16N2O2S/c1-10-4-3-5-12(8-10)11(2)15-9-13-6-7-14(19-13)16(17)18/h3-8,11,15H,9H2,1-2H3/t11-/m0/s1. The van der Waals surface area contributed by atoms with Crippen molar-refractivity contribution in [2.75, 3.05) is 0 Å². The Morgan fingerprint density at radius 3 is 2.79 bits per heavy atom. The molecule has 0 fully saturated rings. The third kappa shape index (κ3) is 3.62. The summed E-state index contributed by atoms with van der Waals surface area (Å²) in [6, 6.07) is 11.9. The first-order valence-corrected chi connectivity index (χ1v) is 6.91. The SMILES string of the molecule is Cc1cccc([C@H](C)NCc2ccc([N+](=O)[O-])s2)c1. The summed E-state index contributed by atoms with van der Waals surface area (Å²) in [6.45, 7) is 4.81. The normalized spacial score (nSPS) is 12.3. The summed E-state index contributed by atoms with van der Waals surface area (Å²) in [6.07, 6.45) is 0. The lowest BCUT2D eigenvalue weighted by molar-refractivity contribution is -0.380. The average Bonchev–Trinajstić information content (AvgIpc) is 2.85. The van der Waals surface area contributed by atoms with E-state index in [0.717, 1.165) is 4.88 Å². The van der Waals surface area contributed by atoms with E-state index in [1.807, 2.05) is 6.07 Å². The first-order valence-electron chi connectivity index (χ1n) is 6.09. The van der Waals surface area contributed by atoms with E-state index in [0.29, 0.717) is 6.54 Å². The minimum atomic E-state index is -0.349. The minimum absolute atomic E-state index is 0.194. The number of benzene rings is 1. The van der Waals surface area contributed by atoms with Gasteiger partial charge in [-0.15, -0.1) is 0 Å². The highest BCUT2D eigenvalue weighted by Crippen LogP contribution is 2.24. The van der Waals surface area contributed by atoms with Crippen LogP contribution in [0.4, 0.5) is 5.00 Å². The molecule has 2 rings (SSSR count). The van der Waals surface area contributed by atoms with E-state index in [1.165, 1.54) is 22.5 Å². The van der Waals surface area contributed by atoms with Gasteiger partial charge in [0.25, 0.3) is 0 Å². The molecule has 19 heavy (non-hydrogen) atoms. The highest BCUT2D eigenvalue weighted by Gasteiger charge is 2.11. The van der Waals surface area contributed by atoms with Crippen LogP contribution in [0.3, 0.4) is 0 Å². The molecule has 1 atom stereocenters. The fraction of sp³-hybridized carbons (Fsp3) is 0.286. The van der Waals surface area contributed by atoms with Gasteiger partial charge >= 0.3 is 5.00 Å². The Labute approximate surface area is 116 Å². The molecule has 1 N–H and O–H groups in total. The Bertz CT molecular complexity index is 580. The summed E-state index contributed by atoms with van der Waals surface area (Å²) in [5.41, 5.74) is 2.46. The third-order valence-corrected chi connectivity index (χ3v) is 3.99. The first-order chi connectivity index (χ1) is 9.06. The largest absolute Gasteiger partial charge is 0.324 e. The number of thiophene rings is 1. The monoisotopic (exact) mass is 276 g/mol. The highest BCUT2D eigenvalue weighted by molar-refractivity contribution is 7.15. The summed E-state index contributed by atoms with van der Waals surface area (Å²) in [4.78, 5) is 11.2. The van der Waals surface area contributed by atoms with Gasteiger partial charge in [0.1, 0.15) is 0 Å². The number of hydrogen-bond donors (Lipinski definition) is 1. The van der Waals surface area contributed by atoms with Gasteiger partial charge in [-0.25, -0.2) is 0 Å². The van der Waals surface area contributed by atoms with Gasteiger partial charge in [0.05, 0.1) is 4.92 Å². The molecular formula is C14H16N2O2S. The Hall–Kier alpha value is -1.72. The number of aryl methyl sites for hydroxylation is 1. The van der Waals surface area contributed by atoms with Crippen LogP contribution >= 0.6 is 11.3 Å². The molecule has 5 heteroatoms. The number of rotatable bonds is 5. The van der Waals surface area contributed by atoms with E-state index in [9.17, 15) is 10.1 Å². The van der Waals surface area contributed by atoms with Crippen LogP contribution in [0.25, 0.3) is 0 Å². The molecule has 0 aliphatic rings. The third-order valence-electron chi connectivity index (χ3n) is 2.95. The Morgan fingerprint density at radius 2 is 2.16 bits per heavy atom. The van der Waals surface area contributed by atoms with Crippen LogP contribution in [0.5, 0.6) is 0 Å². The molecule has 1 aromatic heterocycles. The van der Waals surface area contributed by atoms with E-state index in [2.05, 4.69) is 37.4 Å². The quantitative estimate of drug-likeness (QED) is 0.667. The van der Waals surface area contributed by atoms with Gasteiger partial charge in [0.15, 0.2) is 0 Å². The average molecular weight is 276 g/mol. The van der Waals surface area contributed by atoms with Gasteiger partial charge in [-0.05, 0) is 25.5 Å². The van der Waals surface area contributed by atoms with E-state index < -0.39 is 0 Å². The number of nitrogens with zero attached hydrogens (tertiary/aromatic N) is 1. The molecule has 0 saturated carbocycles. The van der Waals surface area contributed by atoms with Crippen molar-refractivity contribution in [2.24, 2.45) is 0 Å². The Balaban J connectivity index is 1.96. The molecule has 0 spiro atoms. The second-order valence-corrected chi connectivity index (χ2v) is 5.66. The Kier molecular flexibility index (Phi) is 4.29. The number of nitro groups is 1. The highest BCUT2D eigenvalue weighted by atomic mass is 32.1. The summed E-state index contributed by atoms with van der Waals surface area (Å²) >= 11 is 1.22. The molecule has 0 unspecified atom stereocenters. The zero-order valence-corrected chi connectivity index (χ0v) is 11.7. The van der Waals surface area contributed by atoms with Crippen molar-refractivity contribution in [3.8, 4) is 0 Å². The van der Waals surface area contributed by atoms with E-state index >= 15 is 0 Å². The molecule has 1 aromatic carbocycles. The topological polar surface area (TPSA) is 55.2 Å². The van der Waals surface area contributed by atoms with Crippen LogP contribution in [0.2, 0.25) is 0 Å². The number of hydrogen-bond acceptors (Lipinski definition) is 4. The molecule has 2 aromatic rings. The van der Waals surface area contributed by atoms with Crippen LogP contribution < -0.4 is 5.32 Å². The van der Waals surface area contributed by atoms with Crippen molar-refractivity contribution in [3.05, 3.63) is 62.5 Å². The molecular weight excluding hydrogens is 260 g/mol. The van der Waals surface area contributed by atoms with Gasteiger partial charge in [-0.3, -0.25) is 10.1 Å². The molecule has 100 valence electrons. The maximum atomic E-state index is 10.6. The van der Waals surface area contributed by atoms with Gasteiger partial charge in [-0.2, -0.15) is 0 Å². The summed E-state index contributed by atoms with van der Waals surface area (Å²) in [7, 11) is 0. The van der Waals surface area contributed by atoms with Crippen LogP contribution in [-0.2, 0) is 6.54 Å². The van der Waals surface area contributed by atoms with E-state index in [4.69, 9.17) is 0 Å². The smallest absolute Gasteiger partial charge is 0.305 e. The molecule has 0 amide bonds. The zero-order valence-electron chi connectivity index (χ0n) is 10.9. The Morgan fingerprint density at radius 1 is 1.37 bits per heavy atom. The molecule has 0 bridgehead atoms. The second-order valence-electron chi connectivity index (χ2n) is 4.51.